The first-order valence-electron chi connectivity index (χ1n) is 12.2. The van der Waals surface area contributed by atoms with Gasteiger partial charge in [-0.25, -0.2) is 9.18 Å². The number of carbonyl (C=O) groups excluding carboxylic acids is 2. The lowest BCUT2D eigenvalue weighted by Gasteiger charge is -2.47. The summed E-state index contributed by atoms with van der Waals surface area (Å²) < 4.78 is 30.8. The van der Waals surface area contributed by atoms with Crippen molar-refractivity contribution in [1.29, 1.82) is 0 Å². The van der Waals surface area contributed by atoms with Gasteiger partial charge in [0.15, 0.2) is 0 Å². The van der Waals surface area contributed by atoms with Crippen molar-refractivity contribution >= 4 is 12.0 Å². The summed E-state index contributed by atoms with van der Waals surface area (Å²) in [6.07, 6.45) is 1.84. The highest BCUT2D eigenvalue weighted by Crippen LogP contribution is 2.35. The van der Waals surface area contributed by atoms with Gasteiger partial charge in [0, 0.05) is 7.05 Å². The summed E-state index contributed by atoms with van der Waals surface area (Å²) >= 11 is 0. The molecule has 1 aliphatic heterocycles. The van der Waals surface area contributed by atoms with Crippen LogP contribution < -0.4 is 5.32 Å². The molecule has 0 bridgehead atoms. The second kappa shape index (κ2) is 11.0. The predicted octanol–water partition coefficient (Wildman–Crippen LogP) is 4.56. The zero-order valence-electron chi connectivity index (χ0n) is 21.0. The molecule has 1 aliphatic carbocycles. The number of ether oxygens (including phenoxy) is 3. The van der Waals surface area contributed by atoms with Gasteiger partial charge in [-0.2, -0.15) is 0 Å². The molecule has 3 rings (SSSR count). The number of likely N-dealkylation sites (N-methyl/N-ethyl adjacent to an activating group) is 1. The fourth-order valence-corrected chi connectivity index (χ4v) is 4.86. The summed E-state index contributed by atoms with van der Waals surface area (Å²) in [5, 5.41) is 2.78. The molecule has 3 unspecified atom stereocenters. The first-order chi connectivity index (χ1) is 16.0. The van der Waals surface area contributed by atoms with Gasteiger partial charge < -0.3 is 24.4 Å². The number of rotatable bonds is 7. The lowest BCUT2D eigenvalue weighted by molar-refractivity contribution is -0.169. The molecule has 0 spiro atoms. The Morgan fingerprint density at radius 1 is 1.24 bits per heavy atom. The summed E-state index contributed by atoms with van der Waals surface area (Å²) in [4.78, 5) is 26.6. The van der Waals surface area contributed by atoms with E-state index < -0.39 is 35.5 Å². The Labute approximate surface area is 202 Å². The van der Waals surface area contributed by atoms with Crippen LogP contribution in [-0.2, 0) is 19.0 Å². The van der Waals surface area contributed by atoms with E-state index in [1.165, 1.54) is 10.5 Å². The molecular formula is C26H39FN2O5. The van der Waals surface area contributed by atoms with Gasteiger partial charge in [0.1, 0.15) is 5.60 Å². The number of alkyl halides is 1. The first kappa shape index (κ1) is 26.4. The monoisotopic (exact) mass is 478 g/mol. The molecule has 190 valence electrons. The van der Waals surface area contributed by atoms with Crippen LogP contribution in [0, 0.1) is 0 Å². The molecule has 8 heteroatoms. The van der Waals surface area contributed by atoms with E-state index >= 15 is 0 Å². The average molecular weight is 479 g/mol. The minimum Gasteiger partial charge on any atom is -0.444 e. The van der Waals surface area contributed by atoms with E-state index in [9.17, 15) is 14.0 Å². The third kappa shape index (κ3) is 6.48. The van der Waals surface area contributed by atoms with Gasteiger partial charge in [-0.15, -0.1) is 0 Å². The van der Waals surface area contributed by atoms with Gasteiger partial charge >= 0.3 is 6.09 Å². The van der Waals surface area contributed by atoms with E-state index in [1.807, 2.05) is 13.0 Å². The number of nitrogens with zero attached hydrogens (tertiary/aromatic N) is 1. The number of nitrogens with one attached hydrogen (secondary N) is 1. The molecule has 7 nitrogen and oxygen atoms in total. The predicted molar refractivity (Wildman–Crippen MR) is 127 cm³/mol. The van der Waals surface area contributed by atoms with E-state index in [0.717, 1.165) is 25.7 Å². The van der Waals surface area contributed by atoms with Crippen molar-refractivity contribution in [3.8, 4) is 0 Å². The minimum atomic E-state index is -2.01. The Balaban J connectivity index is 1.70. The number of hydrogen-bond donors (Lipinski definition) is 1. The zero-order valence-corrected chi connectivity index (χ0v) is 21.0. The SMILES string of the molecule is CCC1(C(COC2CCC(c3ccccc3)CC2)N(C)C(=O)OC(C)(C)C)COC(F)C(=O)N1. The molecule has 1 heterocycles. The quantitative estimate of drug-likeness (QED) is 0.622. The first-order valence-corrected chi connectivity index (χ1v) is 12.2. The van der Waals surface area contributed by atoms with Crippen LogP contribution >= 0.6 is 0 Å². The topological polar surface area (TPSA) is 77.1 Å². The molecule has 1 saturated heterocycles. The van der Waals surface area contributed by atoms with Gasteiger partial charge in [-0.05, 0) is 64.4 Å². The second-order valence-electron chi connectivity index (χ2n) is 10.5. The van der Waals surface area contributed by atoms with Crippen molar-refractivity contribution < 1.29 is 28.2 Å². The van der Waals surface area contributed by atoms with Crippen molar-refractivity contribution in [2.45, 2.75) is 95.4 Å². The summed E-state index contributed by atoms with van der Waals surface area (Å²) in [6, 6.07) is 9.93. The van der Waals surface area contributed by atoms with E-state index in [1.54, 1.807) is 27.8 Å². The highest BCUT2D eigenvalue weighted by molar-refractivity contribution is 5.81. The molecule has 0 radical (unpaired) electrons. The number of amides is 2. The fraction of sp³-hybridized carbons (Fsp3) is 0.692. The highest BCUT2D eigenvalue weighted by Gasteiger charge is 2.48. The lowest BCUT2D eigenvalue weighted by Crippen LogP contribution is -2.70. The van der Waals surface area contributed by atoms with Crippen LogP contribution in [0.5, 0.6) is 0 Å². The Morgan fingerprint density at radius 2 is 1.88 bits per heavy atom. The molecule has 2 amide bonds. The van der Waals surface area contributed by atoms with Crippen molar-refractivity contribution in [2.24, 2.45) is 0 Å². The second-order valence-corrected chi connectivity index (χ2v) is 10.5. The van der Waals surface area contributed by atoms with Crippen LogP contribution in [0.25, 0.3) is 0 Å². The molecule has 1 saturated carbocycles. The van der Waals surface area contributed by atoms with Crippen molar-refractivity contribution in [2.75, 3.05) is 20.3 Å². The van der Waals surface area contributed by atoms with E-state index in [-0.39, 0.29) is 19.3 Å². The van der Waals surface area contributed by atoms with Crippen LogP contribution in [0.4, 0.5) is 9.18 Å². The normalized spacial score (nSPS) is 28.6. The summed E-state index contributed by atoms with van der Waals surface area (Å²) in [5.41, 5.74) is -0.300. The summed E-state index contributed by atoms with van der Waals surface area (Å²) in [6.45, 7) is 7.39. The van der Waals surface area contributed by atoms with Crippen molar-refractivity contribution in [3.05, 3.63) is 35.9 Å². The molecular weight excluding hydrogens is 439 g/mol. The molecule has 2 fully saturated rings. The van der Waals surface area contributed by atoms with Crippen LogP contribution in [0.1, 0.15) is 71.3 Å². The van der Waals surface area contributed by atoms with Crippen molar-refractivity contribution in [1.82, 2.24) is 10.2 Å². The maximum atomic E-state index is 13.8. The average Bonchev–Trinajstić information content (AvgIpc) is 2.81. The minimum absolute atomic E-state index is 0.0533. The number of hydrogen-bond acceptors (Lipinski definition) is 5. The van der Waals surface area contributed by atoms with Crippen molar-refractivity contribution in [3.63, 3.8) is 0 Å². The van der Waals surface area contributed by atoms with Gasteiger partial charge in [0.05, 0.1) is 30.9 Å². The molecule has 3 atom stereocenters. The van der Waals surface area contributed by atoms with Crippen LogP contribution in [0.3, 0.4) is 0 Å². The van der Waals surface area contributed by atoms with Crippen LogP contribution in [-0.4, -0.2) is 66.8 Å². The maximum Gasteiger partial charge on any atom is 0.410 e. The fourth-order valence-electron chi connectivity index (χ4n) is 4.86. The third-order valence-corrected chi connectivity index (χ3v) is 6.92. The van der Waals surface area contributed by atoms with E-state index in [0.29, 0.717) is 12.3 Å². The van der Waals surface area contributed by atoms with Gasteiger partial charge in [-0.1, -0.05) is 37.3 Å². The number of benzene rings is 1. The Hall–Kier alpha value is -2.19. The summed E-state index contributed by atoms with van der Waals surface area (Å²) in [5.74, 6) is -0.310. The summed E-state index contributed by atoms with van der Waals surface area (Å²) in [7, 11) is 1.62. The van der Waals surface area contributed by atoms with Crippen LogP contribution in [0.15, 0.2) is 30.3 Å². The number of carbonyl (C=O) groups is 2. The molecule has 1 N–H and O–H groups in total. The van der Waals surface area contributed by atoms with Gasteiger partial charge in [-0.3, -0.25) is 4.79 Å². The van der Waals surface area contributed by atoms with E-state index in [2.05, 4.69) is 29.6 Å². The van der Waals surface area contributed by atoms with Crippen LogP contribution in [0.2, 0.25) is 0 Å². The number of halogens is 1. The Kier molecular flexibility index (Phi) is 8.57. The maximum absolute atomic E-state index is 13.8. The Bertz CT molecular complexity index is 822. The molecule has 1 aromatic rings. The lowest BCUT2D eigenvalue weighted by atomic mass is 9.82. The van der Waals surface area contributed by atoms with E-state index in [4.69, 9.17) is 14.2 Å². The smallest absolute Gasteiger partial charge is 0.410 e. The highest BCUT2D eigenvalue weighted by atomic mass is 19.1. The molecule has 2 aliphatic rings. The largest absolute Gasteiger partial charge is 0.444 e. The van der Waals surface area contributed by atoms with Gasteiger partial charge in [0.25, 0.3) is 12.3 Å². The molecule has 1 aromatic carbocycles. The Morgan fingerprint density at radius 3 is 2.44 bits per heavy atom. The molecule has 0 aromatic heterocycles. The van der Waals surface area contributed by atoms with Gasteiger partial charge in [0.2, 0.25) is 0 Å². The third-order valence-electron chi connectivity index (χ3n) is 6.92. The number of morpholine rings is 1. The molecule has 34 heavy (non-hydrogen) atoms. The zero-order chi connectivity index (χ0) is 24.9. The standard InChI is InChI=1S/C26H39FN2O5/c1-6-26(17-33-22(27)23(30)28-26)21(29(5)24(31)34-25(2,3)4)16-32-20-14-12-19(13-15-20)18-10-8-7-9-11-18/h7-11,19-22H,6,12-17H2,1-5H3,(H,28,30).